The molecule has 3 N–H and O–H groups in total. The number of rotatable bonds is 5. The predicted octanol–water partition coefficient (Wildman–Crippen LogP) is 3.29. The molecule has 0 amide bonds. The molecule has 1 fully saturated rings. The molecule has 3 heteroatoms. The number of aliphatic hydroxyl groups excluding tert-OH is 1. The van der Waals surface area contributed by atoms with E-state index in [9.17, 15) is 0 Å². The summed E-state index contributed by atoms with van der Waals surface area (Å²) in [5, 5.41) is 15.9. The van der Waals surface area contributed by atoms with Crippen molar-refractivity contribution in [2.75, 3.05) is 18.5 Å². The van der Waals surface area contributed by atoms with Crippen molar-refractivity contribution in [3.8, 4) is 0 Å². The second kappa shape index (κ2) is 7.28. The van der Waals surface area contributed by atoms with Crippen LogP contribution in [0.4, 0.5) is 5.69 Å². The molecule has 1 aliphatic carbocycles. The quantitative estimate of drug-likeness (QED) is 0.779. The Hall–Kier alpha value is -1.06. The van der Waals surface area contributed by atoms with Gasteiger partial charge in [0.15, 0.2) is 0 Å². The van der Waals surface area contributed by atoms with Crippen LogP contribution in [0.1, 0.15) is 52.0 Å². The van der Waals surface area contributed by atoms with Crippen molar-refractivity contribution in [1.82, 2.24) is 5.32 Å². The van der Waals surface area contributed by atoms with Crippen molar-refractivity contribution < 1.29 is 5.11 Å². The van der Waals surface area contributed by atoms with Crippen LogP contribution in [0.2, 0.25) is 0 Å². The average molecular weight is 290 g/mol. The van der Waals surface area contributed by atoms with Gasteiger partial charge < -0.3 is 15.7 Å². The number of aliphatic hydroxyl groups is 1. The summed E-state index contributed by atoms with van der Waals surface area (Å²) in [6.45, 7) is 7.69. The van der Waals surface area contributed by atoms with Gasteiger partial charge in [0.05, 0.1) is 6.61 Å². The molecule has 0 aliphatic heterocycles. The summed E-state index contributed by atoms with van der Waals surface area (Å²) in [5.41, 5.74) is 2.83. The van der Waals surface area contributed by atoms with Crippen LogP contribution < -0.4 is 10.6 Å². The van der Waals surface area contributed by atoms with Crippen LogP contribution in [-0.4, -0.2) is 30.3 Å². The summed E-state index contributed by atoms with van der Waals surface area (Å²) in [6, 6.07) is 10.0. The number of hydrogen-bond donors (Lipinski definition) is 3. The Labute approximate surface area is 129 Å². The zero-order valence-corrected chi connectivity index (χ0v) is 13.7. The minimum absolute atomic E-state index is 0.217. The highest BCUT2D eigenvalue weighted by molar-refractivity contribution is 5.46. The number of hydrogen-bond acceptors (Lipinski definition) is 3. The van der Waals surface area contributed by atoms with Gasteiger partial charge >= 0.3 is 0 Å². The molecule has 2 rings (SSSR count). The molecule has 1 aromatic carbocycles. The second-order valence-electron chi connectivity index (χ2n) is 7.20. The lowest BCUT2D eigenvalue weighted by molar-refractivity contribution is 0.269. The molecule has 21 heavy (non-hydrogen) atoms. The maximum atomic E-state index is 8.85. The van der Waals surface area contributed by atoms with Crippen molar-refractivity contribution >= 4 is 5.69 Å². The summed E-state index contributed by atoms with van der Waals surface area (Å²) in [6.07, 6.45) is 4.78. The van der Waals surface area contributed by atoms with E-state index >= 15 is 0 Å². The number of benzene rings is 1. The summed E-state index contributed by atoms with van der Waals surface area (Å²) < 4.78 is 0. The van der Waals surface area contributed by atoms with E-state index < -0.39 is 0 Å². The summed E-state index contributed by atoms with van der Waals surface area (Å²) in [5.74, 6) is 0. The molecular formula is C18H30N2O. The van der Waals surface area contributed by atoms with E-state index in [1.54, 1.807) is 0 Å². The molecule has 0 unspecified atom stereocenters. The Morgan fingerprint density at radius 1 is 1.00 bits per heavy atom. The van der Waals surface area contributed by atoms with Gasteiger partial charge in [0, 0.05) is 24.3 Å². The zero-order valence-electron chi connectivity index (χ0n) is 13.7. The first-order valence-corrected chi connectivity index (χ1v) is 8.20. The van der Waals surface area contributed by atoms with Crippen LogP contribution in [0.25, 0.3) is 0 Å². The van der Waals surface area contributed by atoms with Crippen LogP contribution in [-0.2, 0) is 5.41 Å². The van der Waals surface area contributed by atoms with Crippen LogP contribution in [0.15, 0.2) is 24.3 Å². The lowest BCUT2D eigenvalue weighted by atomic mass is 9.87. The molecule has 0 spiro atoms. The first kappa shape index (κ1) is 16.3. The van der Waals surface area contributed by atoms with E-state index in [0.29, 0.717) is 12.1 Å². The van der Waals surface area contributed by atoms with Gasteiger partial charge in [-0.15, -0.1) is 0 Å². The van der Waals surface area contributed by atoms with Crippen molar-refractivity contribution in [3.63, 3.8) is 0 Å². The third-order valence-electron chi connectivity index (χ3n) is 4.39. The Balaban J connectivity index is 1.81. The Bertz CT molecular complexity index is 414. The molecule has 1 aliphatic rings. The monoisotopic (exact) mass is 290 g/mol. The minimum Gasteiger partial charge on any atom is -0.395 e. The topological polar surface area (TPSA) is 44.3 Å². The smallest absolute Gasteiger partial charge is 0.0556 e. The minimum atomic E-state index is 0.217. The summed E-state index contributed by atoms with van der Waals surface area (Å²) in [4.78, 5) is 0. The lowest BCUT2D eigenvalue weighted by Gasteiger charge is -2.30. The summed E-state index contributed by atoms with van der Waals surface area (Å²) >= 11 is 0. The zero-order chi connectivity index (χ0) is 15.3. The standard InChI is InChI=1S/C18H30N2O/c1-18(2,3)14-4-6-16(7-5-14)20-17-10-8-15(9-11-17)19-12-13-21/h4-7,15,17,19-21H,8-13H2,1-3H3. The van der Waals surface area contributed by atoms with Gasteiger partial charge in [0.25, 0.3) is 0 Å². The predicted molar refractivity (Wildman–Crippen MR) is 89.9 cm³/mol. The third kappa shape index (κ3) is 5.01. The normalized spacial score (nSPS) is 23.0. The highest BCUT2D eigenvalue weighted by Gasteiger charge is 2.20. The van der Waals surface area contributed by atoms with Crippen molar-refractivity contribution in [1.29, 1.82) is 0 Å². The van der Waals surface area contributed by atoms with E-state index in [1.165, 1.54) is 36.9 Å². The van der Waals surface area contributed by atoms with Gasteiger partial charge in [0.1, 0.15) is 0 Å². The Morgan fingerprint density at radius 2 is 1.57 bits per heavy atom. The molecule has 0 atom stereocenters. The average Bonchev–Trinajstić information content (AvgIpc) is 2.46. The molecule has 0 aromatic heterocycles. The van der Waals surface area contributed by atoms with Crippen LogP contribution in [0.3, 0.4) is 0 Å². The van der Waals surface area contributed by atoms with Crippen molar-refractivity contribution in [2.24, 2.45) is 0 Å². The van der Waals surface area contributed by atoms with Gasteiger partial charge in [-0.05, 0) is 48.8 Å². The number of anilines is 1. The first-order chi connectivity index (χ1) is 9.99. The summed E-state index contributed by atoms with van der Waals surface area (Å²) in [7, 11) is 0. The van der Waals surface area contributed by atoms with E-state index in [2.05, 4.69) is 55.7 Å². The fourth-order valence-corrected chi connectivity index (χ4v) is 3.01. The molecule has 0 heterocycles. The van der Waals surface area contributed by atoms with Crippen LogP contribution in [0.5, 0.6) is 0 Å². The van der Waals surface area contributed by atoms with Gasteiger partial charge in [-0.25, -0.2) is 0 Å². The van der Waals surface area contributed by atoms with E-state index in [4.69, 9.17) is 5.11 Å². The lowest BCUT2D eigenvalue weighted by Crippen LogP contribution is -2.38. The van der Waals surface area contributed by atoms with E-state index in [1.807, 2.05) is 0 Å². The third-order valence-corrected chi connectivity index (χ3v) is 4.39. The van der Waals surface area contributed by atoms with Crippen LogP contribution >= 0.6 is 0 Å². The van der Waals surface area contributed by atoms with Gasteiger partial charge in [-0.2, -0.15) is 0 Å². The van der Waals surface area contributed by atoms with Crippen molar-refractivity contribution in [2.45, 2.75) is 64.0 Å². The fourth-order valence-electron chi connectivity index (χ4n) is 3.01. The van der Waals surface area contributed by atoms with Gasteiger partial charge in [0.2, 0.25) is 0 Å². The first-order valence-electron chi connectivity index (χ1n) is 8.20. The maximum Gasteiger partial charge on any atom is 0.0556 e. The van der Waals surface area contributed by atoms with Gasteiger partial charge in [-0.3, -0.25) is 0 Å². The molecule has 0 bridgehead atoms. The fraction of sp³-hybridized carbons (Fsp3) is 0.667. The van der Waals surface area contributed by atoms with Crippen LogP contribution in [0, 0.1) is 0 Å². The molecule has 3 nitrogen and oxygen atoms in total. The molecule has 0 saturated heterocycles. The molecule has 1 aromatic rings. The van der Waals surface area contributed by atoms with Crippen molar-refractivity contribution in [3.05, 3.63) is 29.8 Å². The second-order valence-corrected chi connectivity index (χ2v) is 7.20. The largest absolute Gasteiger partial charge is 0.395 e. The SMILES string of the molecule is CC(C)(C)c1ccc(NC2CCC(NCCO)CC2)cc1. The van der Waals surface area contributed by atoms with Gasteiger partial charge in [-0.1, -0.05) is 32.9 Å². The highest BCUT2D eigenvalue weighted by Crippen LogP contribution is 2.26. The molecule has 118 valence electrons. The highest BCUT2D eigenvalue weighted by atomic mass is 16.3. The van der Waals surface area contributed by atoms with E-state index in [0.717, 1.165) is 6.54 Å². The molecule has 1 saturated carbocycles. The Morgan fingerprint density at radius 3 is 2.10 bits per heavy atom. The number of nitrogens with one attached hydrogen (secondary N) is 2. The molecular weight excluding hydrogens is 260 g/mol. The maximum absolute atomic E-state index is 8.85. The molecule has 0 radical (unpaired) electrons. The van der Waals surface area contributed by atoms with E-state index in [-0.39, 0.29) is 12.0 Å². The Kier molecular flexibility index (Phi) is 5.65.